The minimum absolute atomic E-state index is 0.425. The highest BCUT2D eigenvalue weighted by atomic mass is 14.9. The molecule has 0 aliphatic carbocycles. The summed E-state index contributed by atoms with van der Waals surface area (Å²) >= 11 is 0. The van der Waals surface area contributed by atoms with Crippen molar-refractivity contribution in [3.8, 4) is 0 Å². The molecule has 1 N–H and O–H groups in total. The zero-order valence-corrected chi connectivity index (χ0v) is 12.6. The van der Waals surface area contributed by atoms with Gasteiger partial charge in [0.15, 0.2) is 0 Å². The van der Waals surface area contributed by atoms with Crippen LogP contribution in [0.25, 0.3) is 0 Å². The van der Waals surface area contributed by atoms with Crippen molar-refractivity contribution in [1.29, 1.82) is 0 Å². The molecule has 1 heteroatoms. The number of nitrogens with one attached hydrogen (secondary N) is 1. The maximum absolute atomic E-state index is 3.71. The highest BCUT2D eigenvalue weighted by molar-refractivity contribution is 5.40. The van der Waals surface area contributed by atoms with Gasteiger partial charge in [-0.2, -0.15) is 0 Å². The standard InChI is InChI=1S/C19H23N/c1-13(2)16-9-10-18-14(3)19(20-12-17(18)11-16)15-7-5-4-6-8-15/h4-11,13-14,19-20H,12H2,1-3H3. The fourth-order valence-corrected chi connectivity index (χ4v) is 3.23. The topological polar surface area (TPSA) is 12.0 Å². The molecule has 0 bridgehead atoms. The maximum Gasteiger partial charge on any atom is 0.0389 e. The van der Waals surface area contributed by atoms with Crippen LogP contribution in [0, 0.1) is 0 Å². The molecule has 0 aromatic heterocycles. The summed E-state index contributed by atoms with van der Waals surface area (Å²) in [7, 11) is 0. The minimum atomic E-state index is 0.425. The molecular weight excluding hydrogens is 242 g/mol. The van der Waals surface area contributed by atoms with Crippen molar-refractivity contribution < 1.29 is 0 Å². The summed E-state index contributed by atoms with van der Waals surface area (Å²) in [5, 5.41) is 3.71. The van der Waals surface area contributed by atoms with E-state index in [4.69, 9.17) is 0 Å². The molecule has 0 saturated heterocycles. The molecule has 2 aromatic rings. The normalized spacial score (nSPS) is 21.8. The third-order valence-electron chi connectivity index (χ3n) is 4.50. The Morgan fingerprint density at radius 1 is 1.05 bits per heavy atom. The van der Waals surface area contributed by atoms with Crippen LogP contribution in [0.15, 0.2) is 48.5 Å². The molecule has 0 spiro atoms. The summed E-state index contributed by atoms with van der Waals surface area (Å²) in [4.78, 5) is 0. The lowest BCUT2D eigenvalue weighted by atomic mass is 9.81. The number of rotatable bonds is 2. The van der Waals surface area contributed by atoms with Gasteiger partial charge in [-0.15, -0.1) is 0 Å². The molecule has 20 heavy (non-hydrogen) atoms. The first kappa shape index (κ1) is 13.4. The summed E-state index contributed by atoms with van der Waals surface area (Å²) in [6, 6.07) is 18.2. The summed E-state index contributed by atoms with van der Waals surface area (Å²) in [5.41, 5.74) is 5.80. The van der Waals surface area contributed by atoms with Gasteiger partial charge in [-0.25, -0.2) is 0 Å². The van der Waals surface area contributed by atoms with Crippen LogP contribution in [0.4, 0.5) is 0 Å². The monoisotopic (exact) mass is 265 g/mol. The summed E-state index contributed by atoms with van der Waals surface area (Å²) in [6.07, 6.45) is 0. The van der Waals surface area contributed by atoms with Gasteiger partial charge in [0.2, 0.25) is 0 Å². The van der Waals surface area contributed by atoms with Crippen LogP contribution in [-0.4, -0.2) is 0 Å². The highest BCUT2D eigenvalue weighted by Crippen LogP contribution is 2.37. The maximum atomic E-state index is 3.71. The molecule has 2 atom stereocenters. The van der Waals surface area contributed by atoms with Crippen LogP contribution in [0.2, 0.25) is 0 Å². The van der Waals surface area contributed by atoms with Crippen molar-refractivity contribution in [3.63, 3.8) is 0 Å². The van der Waals surface area contributed by atoms with Crippen LogP contribution in [0.1, 0.15) is 60.9 Å². The Bertz CT molecular complexity index is 586. The smallest absolute Gasteiger partial charge is 0.0389 e. The summed E-state index contributed by atoms with van der Waals surface area (Å²) < 4.78 is 0. The molecule has 0 fully saturated rings. The van der Waals surface area contributed by atoms with Crippen LogP contribution in [0.5, 0.6) is 0 Å². The van der Waals surface area contributed by atoms with Crippen molar-refractivity contribution in [2.24, 2.45) is 0 Å². The Morgan fingerprint density at radius 3 is 2.50 bits per heavy atom. The van der Waals surface area contributed by atoms with Crippen molar-refractivity contribution in [1.82, 2.24) is 5.32 Å². The second-order valence-corrected chi connectivity index (χ2v) is 6.17. The molecule has 1 nitrogen and oxygen atoms in total. The van der Waals surface area contributed by atoms with Gasteiger partial charge < -0.3 is 5.32 Å². The van der Waals surface area contributed by atoms with Crippen molar-refractivity contribution >= 4 is 0 Å². The van der Waals surface area contributed by atoms with Gasteiger partial charge >= 0.3 is 0 Å². The van der Waals surface area contributed by atoms with E-state index in [2.05, 4.69) is 74.6 Å². The summed E-state index contributed by atoms with van der Waals surface area (Å²) in [6.45, 7) is 7.82. The number of hydrogen-bond donors (Lipinski definition) is 1. The Balaban J connectivity index is 1.93. The number of fused-ring (bicyclic) bond motifs is 1. The molecule has 2 unspecified atom stereocenters. The fraction of sp³-hybridized carbons (Fsp3) is 0.368. The SMILES string of the molecule is CC(C)c1ccc2c(c1)CNC(c1ccccc1)C2C. The molecule has 0 saturated carbocycles. The Labute approximate surface area is 122 Å². The molecule has 0 amide bonds. The predicted octanol–water partition coefficient (Wildman–Crippen LogP) is 4.76. The van der Waals surface area contributed by atoms with E-state index in [9.17, 15) is 0 Å². The van der Waals surface area contributed by atoms with Gasteiger partial charge in [0.05, 0.1) is 0 Å². The van der Waals surface area contributed by atoms with Gasteiger partial charge in [-0.05, 0) is 28.2 Å². The third kappa shape index (κ3) is 2.38. The predicted molar refractivity (Wildman–Crippen MR) is 85.0 cm³/mol. The Hall–Kier alpha value is -1.60. The largest absolute Gasteiger partial charge is 0.305 e. The fourth-order valence-electron chi connectivity index (χ4n) is 3.23. The van der Waals surface area contributed by atoms with Gasteiger partial charge in [-0.1, -0.05) is 69.3 Å². The first-order chi connectivity index (χ1) is 9.66. The van der Waals surface area contributed by atoms with Gasteiger partial charge in [-0.3, -0.25) is 0 Å². The van der Waals surface area contributed by atoms with Crippen molar-refractivity contribution in [2.75, 3.05) is 0 Å². The zero-order chi connectivity index (χ0) is 14.1. The van der Waals surface area contributed by atoms with Crippen LogP contribution in [0.3, 0.4) is 0 Å². The highest BCUT2D eigenvalue weighted by Gasteiger charge is 2.26. The van der Waals surface area contributed by atoms with Gasteiger partial charge in [0.1, 0.15) is 0 Å². The quantitative estimate of drug-likeness (QED) is 0.825. The average Bonchev–Trinajstić information content (AvgIpc) is 2.48. The van der Waals surface area contributed by atoms with E-state index in [1.54, 1.807) is 0 Å². The number of benzene rings is 2. The first-order valence-electron chi connectivity index (χ1n) is 7.58. The molecule has 1 aliphatic heterocycles. The lowest BCUT2D eigenvalue weighted by molar-refractivity contribution is 0.433. The molecule has 0 radical (unpaired) electrons. The Morgan fingerprint density at radius 2 is 1.80 bits per heavy atom. The Kier molecular flexibility index (Phi) is 3.62. The molecular formula is C19H23N. The second-order valence-electron chi connectivity index (χ2n) is 6.17. The van der Waals surface area contributed by atoms with E-state index >= 15 is 0 Å². The second kappa shape index (κ2) is 5.41. The molecule has 1 aliphatic rings. The average molecular weight is 265 g/mol. The van der Waals surface area contributed by atoms with E-state index < -0.39 is 0 Å². The van der Waals surface area contributed by atoms with E-state index in [0.29, 0.717) is 17.9 Å². The zero-order valence-electron chi connectivity index (χ0n) is 12.6. The van der Waals surface area contributed by atoms with Gasteiger partial charge in [0.25, 0.3) is 0 Å². The van der Waals surface area contributed by atoms with E-state index in [0.717, 1.165) is 6.54 Å². The molecule has 1 heterocycles. The third-order valence-corrected chi connectivity index (χ3v) is 4.50. The minimum Gasteiger partial charge on any atom is -0.305 e. The molecule has 2 aromatic carbocycles. The first-order valence-corrected chi connectivity index (χ1v) is 7.58. The van der Waals surface area contributed by atoms with E-state index in [-0.39, 0.29) is 0 Å². The van der Waals surface area contributed by atoms with Crippen LogP contribution < -0.4 is 5.32 Å². The number of hydrogen-bond acceptors (Lipinski definition) is 1. The van der Waals surface area contributed by atoms with Crippen LogP contribution in [-0.2, 0) is 6.54 Å². The molecule has 3 rings (SSSR count). The summed E-state index contributed by atoms with van der Waals surface area (Å²) in [5.74, 6) is 1.12. The lowest BCUT2D eigenvalue weighted by Gasteiger charge is -2.33. The van der Waals surface area contributed by atoms with E-state index in [1.807, 2.05) is 0 Å². The molecule has 104 valence electrons. The lowest BCUT2D eigenvalue weighted by Crippen LogP contribution is -2.31. The van der Waals surface area contributed by atoms with Gasteiger partial charge in [0, 0.05) is 18.5 Å². The van der Waals surface area contributed by atoms with Crippen molar-refractivity contribution in [2.45, 2.75) is 45.2 Å². The van der Waals surface area contributed by atoms with Crippen molar-refractivity contribution in [3.05, 3.63) is 70.8 Å². The van der Waals surface area contributed by atoms with Crippen LogP contribution >= 0.6 is 0 Å². The van der Waals surface area contributed by atoms with E-state index in [1.165, 1.54) is 22.3 Å².